The minimum Gasteiger partial charge on any atom is -0.478 e. The predicted octanol–water partition coefficient (Wildman–Crippen LogP) is 3.80. The van der Waals surface area contributed by atoms with Gasteiger partial charge in [0.25, 0.3) is 0 Å². The number of ether oxygens (including phenoxy) is 3. The smallest absolute Gasteiger partial charge is 0.338 e. The van der Waals surface area contributed by atoms with Crippen molar-refractivity contribution in [1.29, 1.82) is 0 Å². The SMILES string of the molecule is CCCOC(=O)c1ccc(Oc2c(C)oc3c4c(ccc3c2=O)OCN(C2CCS(=O)(=O)C2)C4)cc1. The molecule has 3 aromatic rings. The third-order valence-electron chi connectivity index (χ3n) is 6.46. The zero-order chi connectivity index (χ0) is 25.4. The fraction of sp³-hybridized carbons (Fsp3) is 0.385. The predicted molar refractivity (Wildman–Crippen MR) is 132 cm³/mol. The van der Waals surface area contributed by atoms with Crippen molar-refractivity contribution in [2.75, 3.05) is 24.8 Å². The molecular weight excluding hydrogens is 486 g/mol. The van der Waals surface area contributed by atoms with E-state index in [9.17, 15) is 18.0 Å². The van der Waals surface area contributed by atoms with Gasteiger partial charge in [0.1, 0.15) is 29.6 Å². The zero-order valence-electron chi connectivity index (χ0n) is 20.1. The second-order valence-corrected chi connectivity index (χ2v) is 11.3. The van der Waals surface area contributed by atoms with Crippen molar-refractivity contribution in [3.63, 3.8) is 0 Å². The number of carbonyl (C=O) groups excluding carboxylic acids is 1. The molecule has 0 bridgehead atoms. The molecule has 2 aliphatic heterocycles. The van der Waals surface area contributed by atoms with Crippen LogP contribution in [0.3, 0.4) is 0 Å². The lowest BCUT2D eigenvalue weighted by atomic mass is 10.1. The molecule has 9 nitrogen and oxygen atoms in total. The van der Waals surface area contributed by atoms with Crippen LogP contribution in [-0.2, 0) is 21.1 Å². The van der Waals surface area contributed by atoms with Gasteiger partial charge in [-0.25, -0.2) is 13.2 Å². The van der Waals surface area contributed by atoms with Crippen LogP contribution >= 0.6 is 0 Å². The fourth-order valence-corrected chi connectivity index (χ4v) is 6.31. The van der Waals surface area contributed by atoms with Crippen LogP contribution in [-0.4, -0.2) is 50.2 Å². The third-order valence-corrected chi connectivity index (χ3v) is 8.21. The van der Waals surface area contributed by atoms with Gasteiger partial charge in [0, 0.05) is 12.6 Å². The van der Waals surface area contributed by atoms with Gasteiger partial charge in [-0.1, -0.05) is 6.92 Å². The maximum Gasteiger partial charge on any atom is 0.338 e. The van der Waals surface area contributed by atoms with Crippen LogP contribution in [0.25, 0.3) is 11.0 Å². The lowest BCUT2D eigenvalue weighted by Gasteiger charge is -2.33. The largest absolute Gasteiger partial charge is 0.478 e. The Hall–Kier alpha value is -3.37. The van der Waals surface area contributed by atoms with E-state index in [1.165, 1.54) is 0 Å². The number of rotatable bonds is 6. The van der Waals surface area contributed by atoms with Gasteiger partial charge >= 0.3 is 5.97 Å². The maximum absolute atomic E-state index is 13.4. The number of fused-ring (bicyclic) bond motifs is 3. The second kappa shape index (κ2) is 9.59. The Labute approximate surface area is 208 Å². The van der Waals surface area contributed by atoms with Gasteiger partial charge in [0.05, 0.1) is 34.6 Å². The van der Waals surface area contributed by atoms with Crippen LogP contribution in [0.4, 0.5) is 0 Å². The summed E-state index contributed by atoms with van der Waals surface area (Å²) >= 11 is 0. The Morgan fingerprint density at radius 2 is 1.94 bits per heavy atom. The van der Waals surface area contributed by atoms with E-state index in [1.807, 2.05) is 11.8 Å². The Balaban J connectivity index is 1.42. The highest BCUT2D eigenvalue weighted by atomic mass is 32.2. The van der Waals surface area contributed by atoms with Crippen molar-refractivity contribution in [2.24, 2.45) is 0 Å². The highest BCUT2D eigenvalue weighted by Gasteiger charge is 2.35. The van der Waals surface area contributed by atoms with Gasteiger partial charge < -0.3 is 18.6 Å². The highest BCUT2D eigenvalue weighted by Crippen LogP contribution is 2.35. The molecule has 1 unspecified atom stereocenters. The lowest BCUT2D eigenvalue weighted by molar-refractivity contribution is 0.0505. The normalized spacial score (nSPS) is 19.0. The van der Waals surface area contributed by atoms with Crippen molar-refractivity contribution in [1.82, 2.24) is 4.90 Å². The molecule has 0 radical (unpaired) electrons. The van der Waals surface area contributed by atoms with Crippen LogP contribution in [0.15, 0.2) is 45.6 Å². The molecule has 10 heteroatoms. The van der Waals surface area contributed by atoms with Gasteiger partial charge in [-0.3, -0.25) is 9.69 Å². The molecule has 1 fully saturated rings. The van der Waals surface area contributed by atoms with Gasteiger partial charge in [0.15, 0.2) is 9.84 Å². The first-order valence-electron chi connectivity index (χ1n) is 11.9. The monoisotopic (exact) mass is 513 g/mol. The van der Waals surface area contributed by atoms with Gasteiger partial charge in [-0.2, -0.15) is 0 Å². The van der Waals surface area contributed by atoms with Crippen molar-refractivity contribution < 1.29 is 31.8 Å². The van der Waals surface area contributed by atoms with Crippen molar-refractivity contribution >= 4 is 26.8 Å². The molecule has 36 heavy (non-hydrogen) atoms. The molecular formula is C26H27NO8S. The van der Waals surface area contributed by atoms with Crippen molar-refractivity contribution in [3.05, 3.63) is 63.5 Å². The average Bonchev–Trinajstić information content (AvgIpc) is 3.24. The van der Waals surface area contributed by atoms with E-state index < -0.39 is 15.8 Å². The van der Waals surface area contributed by atoms with E-state index in [0.29, 0.717) is 58.9 Å². The summed E-state index contributed by atoms with van der Waals surface area (Å²) < 4.78 is 46.9. The zero-order valence-corrected chi connectivity index (χ0v) is 20.9. The molecule has 5 rings (SSSR count). The first kappa shape index (κ1) is 24.3. The van der Waals surface area contributed by atoms with Crippen LogP contribution in [0.2, 0.25) is 0 Å². The Morgan fingerprint density at radius 3 is 2.64 bits per heavy atom. The molecule has 1 atom stereocenters. The molecule has 0 N–H and O–H groups in total. The number of esters is 1. The van der Waals surface area contributed by atoms with E-state index >= 15 is 0 Å². The van der Waals surface area contributed by atoms with Crippen LogP contribution in [0.5, 0.6) is 17.2 Å². The summed E-state index contributed by atoms with van der Waals surface area (Å²) in [6.45, 7) is 4.62. The molecule has 0 aliphatic carbocycles. The molecule has 3 heterocycles. The van der Waals surface area contributed by atoms with E-state index in [0.717, 1.165) is 6.42 Å². The number of sulfone groups is 1. The van der Waals surface area contributed by atoms with E-state index in [2.05, 4.69) is 0 Å². The molecule has 1 aromatic heterocycles. The quantitative estimate of drug-likeness (QED) is 0.454. The number of hydrogen-bond acceptors (Lipinski definition) is 9. The summed E-state index contributed by atoms with van der Waals surface area (Å²) in [6, 6.07) is 9.60. The molecule has 0 spiro atoms. The summed E-state index contributed by atoms with van der Waals surface area (Å²) in [6.07, 6.45) is 1.29. The molecule has 1 saturated heterocycles. The van der Waals surface area contributed by atoms with E-state index in [4.69, 9.17) is 18.6 Å². The topological polar surface area (TPSA) is 112 Å². The maximum atomic E-state index is 13.4. The molecule has 190 valence electrons. The number of benzene rings is 2. The molecule has 2 aromatic carbocycles. The molecule has 2 aliphatic rings. The Morgan fingerprint density at radius 1 is 1.17 bits per heavy atom. The van der Waals surface area contributed by atoms with Crippen LogP contribution < -0.4 is 14.9 Å². The Bertz CT molecular complexity index is 1480. The summed E-state index contributed by atoms with van der Waals surface area (Å²) in [5, 5.41) is 0.346. The van der Waals surface area contributed by atoms with Crippen LogP contribution in [0, 0.1) is 6.92 Å². The molecule has 0 saturated carbocycles. The minimum atomic E-state index is -3.04. The summed E-state index contributed by atoms with van der Waals surface area (Å²) in [4.78, 5) is 27.3. The van der Waals surface area contributed by atoms with Crippen molar-refractivity contribution in [2.45, 2.75) is 39.3 Å². The minimum absolute atomic E-state index is 0.0548. The van der Waals surface area contributed by atoms with Crippen molar-refractivity contribution in [3.8, 4) is 17.2 Å². The van der Waals surface area contributed by atoms with Gasteiger partial charge in [-0.05, 0) is 56.2 Å². The fourth-order valence-electron chi connectivity index (χ4n) is 4.54. The highest BCUT2D eigenvalue weighted by molar-refractivity contribution is 7.91. The number of hydrogen-bond donors (Lipinski definition) is 0. The molecule has 0 amide bonds. The Kier molecular flexibility index (Phi) is 6.48. The first-order chi connectivity index (χ1) is 17.3. The summed E-state index contributed by atoms with van der Waals surface area (Å²) in [7, 11) is -3.04. The number of carbonyl (C=O) groups is 1. The second-order valence-electron chi connectivity index (χ2n) is 9.07. The van der Waals surface area contributed by atoms with Crippen LogP contribution in [0.1, 0.15) is 41.4 Å². The summed E-state index contributed by atoms with van der Waals surface area (Å²) in [5.74, 6) is 1.21. The number of nitrogens with zero attached hydrogens (tertiary/aromatic N) is 1. The lowest BCUT2D eigenvalue weighted by Crippen LogP contribution is -2.41. The number of aryl methyl sites for hydroxylation is 1. The third kappa shape index (κ3) is 4.70. The first-order valence-corrected chi connectivity index (χ1v) is 13.7. The average molecular weight is 514 g/mol. The van der Waals surface area contributed by atoms with Gasteiger partial charge in [-0.15, -0.1) is 0 Å². The standard InChI is InChI=1S/C26H27NO8S/c1-3-11-32-26(29)17-4-6-19(7-5-17)35-24-16(2)34-25-20(23(24)28)8-9-22-21(25)13-27(15-33-22)18-10-12-36(30,31)14-18/h4-9,18H,3,10-15H2,1-2H3. The van der Waals surface area contributed by atoms with Gasteiger partial charge in [0.2, 0.25) is 11.2 Å². The van der Waals surface area contributed by atoms with E-state index in [-0.39, 0.29) is 35.5 Å². The van der Waals surface area contributed by atoms with E-state index in [1.54, 1.807) is 43.3 Å². The summed E-state index contributed by atoms with van der Waals surface area (Å²) in [5.41, 5.74) is 1.18.